The number of rotatable bonds is 6. The molecule has 0 atom stereocenters. The highest BCUT2D eigenvalue weighted by atomic mass is 32.2. The van der Waals surface area contributed by atoms with Crippen LogP contribution >= 0.6 is 12.2 Å². The summed E-state index contributed by atoms with van der Waals surface area (Å²) in [5.74, 6) is 3.21. The molecule has 0 radical (unpaired) electrons. The van der Waals surface area contributed by atoms with Gasteiger partial charge < -0.3 is 19.9 Å². The molecule has 2 aromatic carbocycles. The Balaban J connectivity index is 0.000000510. The predicted molar refractivity (Wildman–Crippen MR) is 169 cm³/mol. The van der Waals surface area contributed by atoms with Gasteiger partial charge in [-0.3, -0.25) is 4.79 Å². The fourth-order valence-electron chi connectivity index (χ4n) is 5.62. The largest absolute Gasteiger partial charge is 0.741 e. The van der Waals surface area contributed by atoms with E-state index in [1.54, 1.807) is 12.1 Å². The topological polar surface area (TPSA) is 111 Å². The first-order valence-corrected chi connectivity index (χ1v) is 16.5. The molecule has 2 N–H and O–H groups in total. The number of aryl methyl sites for hydroxylation is 1. The summed E-state index contributed by atoms with van der Waals surface area (Å²) >= 11 is 5.39. The number of anilines is 2. The molecule has 1 amide bonds. The molecule has 0 bridgehead atoms. The van der Waals surface area contributed by atoms with Gasteiger partial charge in [0.1, 0.15) is 0 Å². The van der Waals surface area contributed by atoms with E-state index in [4.69, 9.17) is 36.3 Å². The van der Waals surface area contributed by atoms with E-state index in [1.165, 1.54) is 56.2 Å². The molecule has 0 spiro atoms. The Hall–Kier alpha value is -3.73. The number of ether oxygens (including phenoxy) is 1. The first-order chi connectivity index (χ1) is 21.4. The lowest BCUT2D eigenvalue weighted by Gasteiger charge is -2.22. The fraction of sp³-hybridized carbons (Fsp3) is 0.406. The number of alkyl halides is 3. The van der Waals surface area contributed by atoms with Gasteiger partial charge >= 0.3 is 5.51 Å². The molecule has 1 saturated carbocycles. The third-order valence-electron chi connectivity index (χ3n) is 7.79. The molecule has 2 aliphatic carbocycles. The van der Waals surface area contributed by atoms with Crippen LogP contribution in [-0.4, -0.2) is 36.2 Å². The smallest absolute Gasteiger partial charge is 0.485 e. The van der Waals surface area contributed by atoms with Crippen LogP contribution in [0.25, 0.3) is 10.9 Å². The van der Waals surface area contributed by atoms with Gasteiger partial charge in [-0.2, -0.15) is 17.7 Å². The minimum atomic E-state index is -6.09. The van der Waals surface area contributed by atoms with E-state index in [2.05, 4.69) is 33.3 Å². The molecule has 1 fully saturated rings. The quantitative estimate of drug-likeness (QED) is 0.106. The Labute approximate surface area is 266 Å². The maximum atomic E-state index is 13.1. The average Bonchev–Trinajstić information content (AvgIpc) is 3.00. The van der Waals surface area contributed by atoms with Crippen molar-refractivity contribution in [2.75, 3.05) is 17.2 Å². The fourth-order valence-corrected chi connectivity index (χ4v) is 5.80. The molecule has 1 aromatic heterocycles. The minimum absolute atomic E-state index is 0.175. The van der Waals surface area contributed by atoms with Crippen LogP contribution in [0.15, 0.2) is 48.5 Å². The minimum Gasteiger partial charge on any atom is -0.741 e. The summed E-state index contributed by atoms with van der Waals surface area (Å²) in [5.41, 5.74) is 0.202. The molecule has 1 heterocycles. The highest BCUT2D eigenvalue weighted by Crippen LogP contribution is 2.26. The number of carbonyl (C=O) groups is 1. The summed E-state index contributed by atoms with van der Waals surface area (Å²) in [6, 6.07) is 15.6. The van der Waals surface area contributed by atoms with Crippen molar-refractivity contribution in [2.45, 2.75) is 69.8 Å². The zero-order valence-electron chi connectivity index (χ0n) is 24.5. The summed E-state index contributed by atoms with van der Waals surface area (Å²) < 4.78 is 67.0. The van der Waals surface area contributed by atoms with E-state index in [1.807, 2.05) is 24.3 Å². The van der Waals surface area contributed by atoms with Crippen molar-refractivity contribution in [1.29, 1.82) is 0 Å². The predicted octanol–water partition coefficient (Wildman–Crippen LogP) is 6.24. The van der Waals surface area contributed by atoms with Crippen molar-refractivity contribution in [2.24, 2.45) is 5.92 Å². The molecule has 240 valence electrons. The second kappa shape index (κ2) is 15.0. The Morgan fingerprint density at radius 2 is 1.71 bits per heavy atom. The number of nitrogens with one attached hydrogen (secondary N) is 2. The van der Waals surface area contributed by atoms with E-state index in [9.17, 15) is 18.0 Å². The number of carbonyl (C=O) groups excluding carboxylic acids is 1. The average molecular weight is 662 g/mol. The van der Waals surface area contributed by atoms with Crippen molar-refractivity contribution in [1.82, 2.24) is 0 Å². The molecule has 2 aliphatic rings. The van der Waals surface area contributed by atoms with Gasteiger partial charge in [-0.25, -0.2) is 8.42 Å². The number of halogens is 3. The Bertz CT molecular complexity index is 1700. The number of nitrogens with zero attached hydrogens (tertiary/aromatic N) is 1. The summed E-state index contributed by atoms with van der Waals surface area (Å²) in [6.07, 6.45) is 16.5. The van der Waals surface area contributed by atoms with Crippen molar-refractivity contribution < 1.29 is 40.2 Å². The van der Waals surface area contributed by atoms with Crippen molar-refractivity contribution in [3.8, 4) is 12.3 Å². The molecule has 3 aromatic rings. The van der Waals surface area contributed by atoms with Gasteiger partial charge in [-0.15, -0.1) is 6.42 Å². The lowest BCUT2D eigenvalue weighted by Crippen LogP contribution is -2.41. The molecular weight excluding hydrogens is 627 g/mol. The number of hydrogen-bond donors (Lipinski definition) is 2. The summed E-state index contributed by atoms with van der Waals surface area (Å²) in [5, 5.41) is 7.61. The number of hydrogen-bond acceptors (Lipinski definition) is 6. The number of fused-ring (bicyclic) bond motifs is 2. The lowest BCUT2D eigenvalue weighted by atomic mass is 9.90. The zero-order chi connectivity index (χ0) is 32.6. The maximum Gasteiger partial charge on any atom is 0.485 e. The number of amides is 1. The molecule has 0 saturated heterocycles. The van der Waals surface area contributed by atoms with E-state index >= 15 is 0 Å². The van der Waals surface area contributed by atoms with Crippen LogP contribution in [0.5, 0.6) is 0 Å². The summed E-state index contributed by atoms with van der Waals surface area (Å²) in [6.45, 7) is 1.20. The van der Waals surface area contributed by atoms with Gasteiger partial charge in [0.05, 0.1) is 6.61 Å². The van der Waals surface area contributed by atoms with Gasteiger partial charge in [-0.1, -0.05) is 25.3 Å². The molecule has 0 aliphatic heterocycles. The molecule has 45 heavy (non-hydrogen) atoms. The summed E-state index contributed by atoms with van der Waals surface area (Å²) in [7, 11) is -6.09. The van der Waals surface area contributed by atoms with Crippen LogP contribution in [0.3, 0.4) is 0 Å². The molecule has 8 nitrogen and oxygen atoms in total. The number of benzene rings is 2. The van der Waals surface area contributed by atoms with E-state index in [0.29, 0.717) is 29.8 Å². The Morgan fingerprint density at radius 1 is 1.02 bits per heavy atom. The summed E-state index contributed by atoms with van der Waals surface area (Å²) in [4.78, 5) is 13.1. The highest BCUT2D eigenvalue weighted by Gasteiger charge is 2.37. The number of aromatic nitrogens is 1. The number of thiocarbonyl (C=S) groups is 1. The Morgan fingerprint density at radius 3 is 2.40 bits per heavy atom. The van der Waals surface area contributed by atoms with Gasteiger partial charge in [0, 0.05) is 40.4 Å². The normalized spacial score (nSPS) is 15.2. The maximum absolute atomic E-state index is 13.1. The Kier molecular flexibility index (Phi) is 11.4. The zero-order valence-corrected chi connectivity index (χ0v) is 26.1. The van der Waals surface area contributed by atoms with Crippen LogP contribution in [-0.2, 0) is 34.2 Å². The van der Waals surface area contributed by atoms with Crippen LogP contribution in [0.2, 0.25) is 0 Å². The first-order valence-electron chi connectivity index (χ1n) is 14.6. The SMILES string of the molecule is C#CC[n+]1c2c(cc3cc(NC(=O)c4cccc(NC(=S)OCC5CCCCC5)c4)ccc31)CCCC2.O=S(=O)([O-])C(F)(F)F. The first kappa shape index (κ1) is 34.1. The monoisotopic (exact) mass is 661 g/mol. The van der Waals surface area contributed by atoms with Gasteiger partial charge in [0.2, 0.25) is 12.1 Å². The lowest BCUT2D eigenvalue weighted by molar-refractivity contribution is -0.667. The van der Waals surface area contributed by atoms with Crippen molar-refractivity contribution >= 4 is 55.7 Å². The molecular formula is C32H34F3N3O5S2. The van der Waals surface area contributed by atoms with Gasteiger partial charge in [0.15, 0.2) is 15.8 Å². The standard InChI is InChI=1S/C31H33N3O2S.CHF3O3S/c1-2-17-34-28-14-7-6-11-23(28)18-25-20-27(15-16-29(25)34)32-30(35)24-12-8-13-26(19-24)33-31(37)36-21-22-9-4-3-5-10-22;2-1(3,4)8(5,6)7/h1,8,12-13,15-16,18-20,22H,3-7,9-11,14,17,21H2,(H-,32,33,35,37);(H,5,6,7). The van der Waals surface area contributed by atoms with E-state index in [-0.39, 0.29) is 5.91 Å². The second-order valence-corrected chi connectivity index (χ2v) is 12.8. The van der Waals surface area contributed by atoms with Gasteiger partial charge in [0.25, 0.3) is 11.1 Å². The van der Waals surface area contributed by atoms with Crippen molar-refractivity contribution in [3.63, 3.8) is 0 Å². The number of pyridine rings is 1. The number of terminal acetylenes is 1. The van der Waals surface area contributed by atoms with Crippen LogP contribution in [0.1, 0.15) is 66.6 Å². The van der Waals surface area contributed by atoms with Crippen LogP contribution in [0, 0.1) is 18.3 Å². The third-order valence-corrected chi connectivity index (χ3v) is 8.58. The van der Waals surface area contributed by atoms with Crippen LogP contribution < -0.4 is 15.2 Å². The van der Waals surface area contributed by atoms with E-state index < -0.39 is 15.6 Å². The van der Waals surface area contributed by atoms with Gasteiger partial charge in [-0.05, 0) is 92.6 Å². The van der Waals surface area contributed by atoms with E-state index in [0.717, 1.165) is 35.1 Å². The molecule has 13 heteroatoms. The third kappa shape index (κ3) is 9.39. The van der Waals surface area contributed by atoms with Crippen molar-refractivity contribution in [3.05, 3.63) is 65.4 Å². The molecule has 0 unspecified atom stereocenters. The highest BCUT2D eigenvalue weighted by molar-refractivity contribution is 7.86. The molecule has 5 rings (SSSR count). The van der Waals surface area contributed by atoms with Crippen LogP contribution in [0.4, 0.5) is 24.5 Å². The second-order valence-electron chi connectivity index (χ2n) is 11.0.